The van der Waals surface area contributed by atoms with Gasteiger partial charge in [-0.15, -0.1) is 0 Å². The van der Waals surface area contributed by atoms with Crippen LogP contribution in [0.15, 0.2) is 35.6 Å². The molecule has 4 bridgehead atoms. The van der Waals surface area contributed by atoms with Gasteiger partial charge in [0.05, 0.1) is 31.5 Å². The summed E-state index contributed by atoms with van der Waals surface area (Å²) in [6.07, 6.45) is 7.44. The fourth-order valence-corrected chi connectivity index (χ4v) is 7.65. The third-order valence-corrected chi connectivity index (χ3v) is 8.86. The van der Waals surface area contributed by atoms with Crippen molar-refractivity contribution in [3.8, 4) is 11.5 Å². The van der Waals surface area contributed by atoms with E-state index in [0.29, 0.717) is 6.04 Å². The SMILES string of the molecule is COc1ccc2c3c1O[C@@H]1[C@]34CC[NH+](C)[C@@H](C2)[C@]42C=C[C@@]1(OC)C(=C(C)NO)C2. The molecule has 2 aliphatic heterocycles. The summed E-state index contributed by atoms with van der Waals surface area (Å²) in [5, 5.41) is 9.79. The number of rotatable bonds is 3. The number of methoxy groups -OCH3 is 2. The van der Waals surface area contributed by atoms with E-state index in [1.165, 1.54) is 11.1 Å². The number of ether oxygens (including phenoxy) is 3. The van der Waals surface area contributed by atoms with Crippen LogP contribution in [-0.4, -0.2) is 50.8 Å². The van der Waals surface area contributed by atoms with Gasteiger partial charge >= 0.3 is 0 Å². The second-order valence-electron chi connectivity index (χ2n) is 9.47. The number of benzene rings is 1. The highest BCUT2D eigenvalue weighted by Gasteiger charge is 2.79. The van der Waals surface area contributed by atoms with E-state index < -0.39 is 5.60 Å². The summed E-state index contributed by atoms with van der Waals surface area (Å²) in [4.78, 5) is 1.58. The molecule has 2 spiro atoms. The summed E-state index contributed by atoms with van der Waals surface area (Å²) >= 11 is 0. The second-order valence-corrected chi connectivity index (χ2v) is 9.47. The topological polar surface area (TPSA) is 64.4 Å². The first-order valence-electron chi connectivity index (χ1n) is 10.5. The van der Waals surface area contributed by atoms with Crippen LogP contribution in [0.2, 0.25) is 0 Å². The predicted molar refractivity (Wildman–Crippen MR) is 107 cm³/mol. The van der Waals surface area contributed by atoms with Crippen LogP contribution in [0.3, 0.4) is 0 Å². The van der Waals surface area contributed by atoms with Crippen LogP contribution in [0.25, 0.3) is 0 Å². The molecule has 6 aliphatic rings. The summed E-state index contributed by atoms with van der Waals surface area (Å²) in [5.74, 6) is 1.71. The third kappa shape index (κ3) is 1.66. The van der Waals surface area contributed by atoms with Crippen molar-refractivity contribution in [2.24, 2.45) is 5.41 Å². The van der Waals surface area contributed by atoms with Gasteiger partial charge in [0.1, 0.15) is 17.7 Å². The number of piperidine rings is 1. The minimum atomic E-state index is -0.698. The first-order valence-corrected chi connectivity index (χ1v) is 10.5. The number of quaternary nitrogens is 1. The number of allylic oxidation sites excluding steroid dienone is 1. The average Bonchev–Trinajstić information content (AvgIpc) is 3.12. The monoisotopic (exact) mass is 397 g/mol. The molecule has 1 aromatic carbocycles. The molecular weight excluding hydrogens is 368 g/mol. The van der Waals surface area contributed by atoms with Crippen LogP contribution in [0, 0.1) is 5.41 Å². The Bertz CT molecular complexity index is 987. The molecule has 0 aromatic heterocycles. The van der Waals surface area contributed by atoms with Crippen molar-refractivity contribution in [3.05, 3.63) is 46.7 Å². The molecule has 6 atom stereocenters. The minimum Gasteiger partial charge on any atom is -0.493 e. The standard InChI is InChI=1S/C23H28N2O4/c1-13(24-26)15-12-21-7-8-23(15,28-4)20-22(21)9-10-25(2)17(21)11-14-5-6-16(27-3)19(29-20)18(14)22/h5-8,17,20,24,26H,9-12H2,1-4H3/p+1/t17-,20+,21+,22-,23+/m0/s1. The van der Waals surface area contributed by atoms with E-state index in [2.05, 4.69) is 36.8 Å². The number of fused-ring (bicyclic) bond motifs is 1. The van der Waals surface area contributed by atoms with Gasteiger partial charge in [0.25, 0.3) is 0 Å². The molecule has 4 aliphatic carbocycles. The maximum absolute atomic E-state index is 9.79. The van der Waals surface area contributed by atoms with Crippen LogP contribution < -0.4 is 19.9 Å². The highest BCUT2D eigenvalue weighted by Crippen LogP contribution is 2.73. The lowest BCUT2D eigenvalue weighted by Crippen LogP contribution is -3.18. The van der Waals surface area contributed by atoms with Gasteiger partial charge < -0.3 is 19.1 Å². The molecule has 3 N–H and O–H groups in total. The molecule has 1 saturated heterocycles. The lowest BCUT2D eigenvalue weighted by Gasteiger charge is -2.68. The molecule has 6 heteroatoms. The summed E-state index contributed by atoms with van der Waals surface area (Å²) in [5.41, 5.74) is 6.14. The Morgan fingerprint density at radius 1 is 1.31 bits per heavy atom. The lowest BCUT2D eigenvalue weighted by molar-refractivity contribution is -0.923. The van der Waals surface area contributed by atoms with E-state index in [1.807, 2.05) is 6.92 Å². The molecule has 154 valence electrons. The maximum atomic E-state index is 9.79. The molecular formula is C23H29N2O4+. The Morgan fingerprint density at radius 2 is 2.14 bits per heavy atom. The van der Waals surface area contributed by atoms with Gasteiger partial charge in [-0.1, -0.05) is 12.1 Å². The van der Waals surface area contributed by atoms with Crippen LogP contribution in [-0.2, 0) is 16.6 Å². The number of nitrogens with one attached hydrogen (secondary N) is 2. The van der Waals surface area contributed by atoms with E-state index in [1.54, 1.807) is 19.1 Å². The lowest BCUT2D eigenvalue weighted by atomic mass is 9.38. The van der Waals surface area contributed by atoms with Gasteiger partial charge in [0, 0.05) is 31.2 Å². The van der Waals surface area contributed by atoms with E-state index in [9.17, 15) is 5.21 Å². The minimum absolute atomic E-state index is 0.0572. The Labute approximate surface area is 171 Å². The summed E-state index contributed by atoms with van der Waals surface area (Å²) in [6.45, 7) is 3.05. The number of hydrogen-bond donors (Lipinski definition) is 3. The summed E-state index contributed by atoms with van der Waals surface area (Å²) in [6, 6.07) is 4.76. The molecule has 7 rings (SSSR count). The van der Waals surface area contributed by atoms with Gasteiger partial charge in [-0.3, -0.25) is 10.7 Å². The van der Waals surface area contributed by atoms with Crippen molar-refractivity contribution in [2.75, 3.05) is 27.8 Å². The number of likely N-dealkylation sites (N-methyl/N-ethyl adjacent to an activating group) is 1. The van der Waals surface area contributed by atoms with E-state index >= 15 is 0 Å². The van der Waals surface area contributed by atoms with Gasteiger partial charge in [0.15, 0.2) is 11.5 Å². The van der Waals surface area contributed by atoms with Gasteiger partial charge in [-0.2, -0.15) is 0 Å². The zero-order valence-electron chi connectivity index (χ0n) is 17.5. The van der Waals surface area contributed by atoms with Crippen molar-refractivity contribution in [2.45, 2.75) is 49.3 Å². The van der Waals surface area contributed by atoms with Crippen LogP contribution in [0.1, 0.15) is 30.9 Å². The fraction of sp³-hybridized carbons (Fsp3) is 0.565. The Hall–Kier alpha value is -2.02. The van der Waals surface area contributed by atoms with Crippen LogP contribution in [0.4, 0.5) is 0 Å². The van der Waals surface area contributed by atoms with Crippen LogP contribution in [0.5, 0.6) is 11.5 Å². The normalized spacial score (nSPS) is 44.2. The van der Waals surface area contributed by atoms with Crippen molar-refractivity contribution in [3.63, 3.8) is 0 Å². The zero-order chi connectivity index (χ0) is 20.2. The Morgan fingerprint density at radius 3 is 2.86 bits per heavy atom. The average molecular weight is 397 g/mol. The van der Waals surface area contributed by atoms with Gasteiger partial charge in [0.2, 0.25) is 0 Å². The van der Waals surface area contributed by atoms with Crippen molar-refractivity contribution >= 4 is 0 Å². The molecule has 0 radical (unpaired) electrons. The quantitative estimate of drug-likeness (QED) is 0.527. The fourth-order valence-electron chi connectivity index (χ4n) is 7.65. The molecule has 2 fully saturated rings. The molecule has 0 amide bonds. The zero-order valence-corrected chi connectivity index (χ0v) is 17.5. The van der Waals surface area contributed by atoms with E-state index in [-0.39, 0.29) is 16.9 Å². The number of likely N-dealkylation sites (tertiary alicyclic amines) is 1. The smallest absolute Gasteiger partial charge is 0.166 e. The van der Waals surface area contributed by atoms with E-state index in [0.717, 1.165) is 48.6 Å². The summed E-state index contributed by atoms with van der Waals surface area (Å²) < 4.78 is 18.8. The van der Waals surface area contributed by atoms with Gasteiger partial charge in [-0.05, 0) is 36.6 Å². The molecule has 1 saturated carbocycles. The molecule has 29 heavy (non-hydrogen) atoms. The Kier molecular flexibility index (Phi) is 3.29. The van der Waals surface area contributed by atoms with Crippen LogP contribution >= 0.6 is 0 Å². The van der Waals surface area contributed by atoms with E-state index in [4.69, 9.17) is 14.2 Å². The largest absolute Gasteiger partial charge is 0.493 e. The van der Waals surface area contributed by atoms with Gasteiger partial charge in [-0.25, -0.2) is 0 Å². The second kappa shape index (κ2) is 5.36. The first kappa shape index (κ1) is 17.8. The number of hydrogen-bond acceptors (Lipinski definition) is 5. The van der Waals surface area contributed by atoms with Crippen molar-refractivity contribution in [1.29, 1.82) is 0 Å². The molecule has 1 unspecified atom stereocenters. The van der Waals surface area contributed by atoms with Crippen molar-refractivity contribution < 1.29 is 24.3 Å². The number of hydroxylamine groups is 1. The molecule has 6 nitrogen and oxygen atoms in total. The predicted octanol–water partition coefficient (Wildman–Crippen LogP) is 1.14. The maximum Gasteiger partial charge on any atom is 0.166 e. The summed E-state index contributed by atoms with van der Waals surface area (Å²) in [7, 11) is 5.80. The Balaban J connectivity index is 1.73. The first-order chi connectivity index (χ1) is 14.0. The highest BCUT2D eigenvalue weighted by atomic mass is 16.6. The highest BCUT2D eigenvalue weighted by molar-refractivity contribution is 5.67. The molecule has 2 heterocycles. The molecule has 1 aromatic rings. The van der Waals surface area contributed by atoms with Crippen molar-refractivity contribution in [1.82, 2.24) is 5.48 Å². The third-order valence-electron chi connectivity index (χ3n) is 8.86.